The number of carbonyl (C=O) groups excluding carboxylic acids is 1. The van der Waals surface area contributed by atoms with Gasteiger partial charge in [0.25, 0.3) is 0 Å². The van der Waals surface area contributed by atoms with Gasteiger partial charge in [0.1, 0.15) is 5.83 Å². The number of carboxylic acids is 1. The Morgan fingerprint density at radius 3 is 2.54 bits per heavy atom. The van der Waals surface area contributed by atoms with Crippen LogP contribution in [0.15, 0.2) is 23.6 Å². The van der Waals surface area contributed by atoms with Gasteiger partial charge in [-0.25, -0.2) is 13.6 Å². The molecule has 0 amide bonds. The Morgan fingerprint density at radius 2 is 1.93 bits per heavy atom. The quantitative estimate of drug-likeness (QED) is 0.634. The van der Waals surface area contributed by atoms with Gasteiger partial charge in [-0.1, -0.05) is 19.9 Å². The highest BCUT2D eigenvalue weighted by molar-refractivity contribution is 5.93. The van der Waals surface area contributed by atoms with Crippen LogP contribution >= 0.6 is 0 Å². The Balaban J connectivity index is 1.91. The maximum Gasteiger partial charge on any atom is 0.336 e. The van der Waals surface area contributed by atoms with Gasteiger partial charge in [-0.2, -0.15) is 0 Å². The molecule has 154 valence electrons. The van der Waals surface area contributed by atoms with Crippen molar-refractivity contribution in [2.75, 3.05) is 0 Å². The van der Waals surface area contributed by atoms with Gasteiger partial charge in [0, 0.05) is 29.6 Å². The van der Waals surface area contributed by atoms with Gasteiger partial charge in [0.05, 0.1) is 6.10 Å². The number of aliphatic hydroxyl groups excluding tert-OH is 1. The molecule has 0 heterocycles. The van der Waals surface area contributed by atoms with E-state index in [0.29, 0.717) is 0 Å². The van der Waals surface area contributed by atoms with Gasteiger partial charge < -0.3 is 15.3 Å². The fourth-order valence-electron chi connectivity index (χ4n) is 6.97. The SMILES string of the molecule is C[C@@H]1CC2C3CC(F)=C4CC(=O)C=C[C@]4(C)[C@@]3(F)[C@@H](O)C[C@]2(C)[C@@]1(O)C(=O)O. The summed E-state index contributed by atoms with van der Waals surface area (Å²) in [5.41, 5.74) is -7.08. The van der Waals surface area contributed by atoms with Gasteiger partial charge in [-0.15, -0.1) is 0 Å². The summed E-state index contributed by atoms with van der Waals surface area (Å²) < 4.78 is 31.9. The van der Waals surface area contributed by atoms with E-state index in [1.165, 1.54) is 19.1 Å². The van der Waals surface area contributed by atoms with Crippen LogP contribution in [0.5, 0.6) is 0 Å². The van der Waals surface area contributed by atoms with E-state index in [9.17, 15) is 24.9 Å². The molecular weight excluding hydrogens is 370 g/mol. The summed E-state index contributed by atoms with van der Waals surface area (Å²) in [6.07, 6.45) is 0.456. The molecule has 0 saturated heterocycles. The minimum absolute atomic E-state index is 0.0703. The first kappa shape index (κ1) is 19.7. The van der Waals surface area contributed by atoms with E-state index in [0.717, 1.165) is 0 Å². The van der Waals surface area contributed by atoms with Crippen molar-refractivity contribution in [2.45, 2.75) is 63.8 Å². The summed E-state index contributed by atoms with van der Waals surface area (Å²) in [6, 6.07) is 0. The molecule has 7 heteroatoms. The smallest absolute Gasteiger partial charge is 0.336 e. The summed E-state index contributed by atoms with van der Waals surface area (Å²) in [7, 11) is 0. The number of hydrogen-bond donors (Lipinski definition) is 3. The zero-order chi connectivity index (χ0) is 20.9. The Bertz CT molecular complexity index is 837. The number of rotatable bonds is 1. The number of ketones is 1. The lowest BCUT2D eigenvalue weighted by atomic mass is 9.45. The average Bonchev–Trinajstić information content (AvgIpc) is 2.81. The van der Waals surface area contributed by atoms with Crippen molar-refractivity contribution in [3.63, 3.8) is 0 Å². The van der Waals surface area contributed by atoms with Crippen LogP contribution in [0.1, 0.15) is 46.5 Å². The third-order valence-corrected chi connectivity index (χ3v) is 8.57. The molecular formula is C21H26F2O5. The molecule has 2 fully saturated rings. The zero-order valence-electron chi connectivity index (χ0n) is 16.2. The monoisotopic (exact) mass is 396 g/mol. The number of fused-ring (bicyclic) bond motifs is 5. The second-order valence-electron chi connectivity index (χ2n) is 9.59. The molecule has 0 radical (unpaired) electrons. The molecule has 0 spiro atoms. The van der Waals surface area contributed by atoms with Gasteiger partial charge >= 0.3 is 5.97 Å². The van der Waals surface area contributed by atoms with Crippen molar-refractivity contribution >= 4 is 11.8 Å². The Hall–Kier alpha value is -1.60. The predicted octanol–water partition coefficient (Wildman–Crippen LogP) is 2.72. The first-order valence-electron chi connectivity index (χ1n) is 9.76. The maximum atomic E-state index is 16.8. The van der Waals surface area contributed by atoms with Crippen LogP contribution in [-0.4, -0.2) is 44.4 Å². The van der Waals surface area contributed by atoms with E-state index in [2.05, 4.69) is 0 Å². The molecule has 3 N–H and O–H groups in total. The van der Waals surface area contributed by atoms with Crippen molar-refractivity contribution in [3.8, 4) is 0 Å². The number of allylic oxidation sites excluding steroid dienone is 4. The van der Waals surface area contributed by atoms with E-state index < -0.39 is 57.8 Å². The van der Waals surface area contributed by atoms with Crippen LogP contribution in [0.3, 0.4) is 0 Å². The summed E-state index contributed by atoms with van der Waals surface area (Å²) >= 11 is 0. The predicted molar refractivity (Wildman–Crippen MR) is 95.5 cm³/mol. The van der Waals surface area contributed by atoms with E-state index >= 15 is 8.78 Å². The molecule has 0 bridgehead atoms. The van der Waals surface area contributed by atoms with Crippen LogP contribution in [0.2, 0.25) is 0 Å². The topological polar surface area (TPSA) is 94.8 Å². The first-order chi connectivity index (χ1) is 12.8. The lowest BCUT2D eigenvalue weighted by Gasteiger charge is -2.61. The lowest BCUT2D eigenvalue weighted by Crippen LogP contribution is -2.69. The van der Waals surface area contributed by atoms with E-state index in [1.807, 2.05) is 0 Å². The molecule has 4 rings (SSSR count). The van der Waals surface area contributed by atoms with Gasteiger partial charge in [0.2, 0.25) is 0 Å². The highest BCUT2D eigenvalue weighted by atomic mass is 19.1. The number of carboxylic acid groups (broad SMARTS) is 1. The standard InChI is InChI=1S/C21H26F2O5/c1-10-6-12-13-8-15(22)14-7-11(24)4-5-18(14,2)20(13,23)16(25)9-19(12,3)21(10,28)17(26)27/h4-5,10,12-13,16,25,28H,6-9H2,1-3H3,(H,26,27)/t10-,12?,13?,16+,18+,19+,20+,21+/m1/s1. The number of aliphatic hydroxyl groups is 2. The highest BCUT2D eigenvalue weighted by Crippen LogP contribution is 2.70. The number of hydrogen-bond acceptors (Lipinski definition) is 4. The van der Waals surface area contributed by atoms with Crippen LogP contribution in [-0.2, 0) is 9.59 Å². The first-order valence-corrected chi connectivity index (χ1v) is 9.76. The van der Waals surface area contributed by atoms with Gasteiger partial charge in [0.15, 0.2) is 17.1 Å². The lowest BCUT2D eigenvalue weighted by molar-refractivity contribution is -0.223. The Labute approximate surface area is 162 Å². The highest BCUT2D eigenvalue weighted by Gasteiger charge is 2.76. The maximum absolute atomic E-state index is 16.8. The minimum atomic E-state index is -2.25. The molecule has 2 unspecified atom stereocenters. The fraction of sp³-hybridized carbons (Fsp3) is 0.714. The molecule has 0 aromatic carbocycles. The molecule has 2 saturated carbocycles. The van der Waals surface area contributed by atoms with E-state index in [-0.39, 0.29) is 37.0 Å². The summed E-state index contributed by atoms with van der Waals surface area (Å²) in [4.78, 5) is 23.8. The van der Waals surface area contributed by atoms with E-state index in [1.54, 1.807) is 13.8 Å². The molecule has 5 nitrogen and oxygen atoms in total. The molecule has 4 aliphatic rings. The van der Waals surface area contributed by atoms with Crippen LogP contribution in [0.25, 0.3) is 0 Å². The molecule has 4 aliphatic carbocycles. The third-order valence-electron chi connectivity index (χ3n) is 8.57. The number of alkyl halides is 1. The Kier molecular flexibility index (Phi) is 3.88. The van der Waals surface area contributed by atoms with Crippen molar-refractivity contribution < 1.29 is 33.7 Å². The fourth-order valence-corrected chi connectivity index (χ4v) is 6.97. The average molecular weight is 396 g/mol. The molecule has 0 aromatic heterocycles. The van der Waals surface area contributed by atoms with Crippen molar-refractivity contribution in [2.24, 2.45) is 28.6 Å². The molecule has 0 aromatic rings. The van der Waals surface area contributed by atoms with Crippen molar-refractivity contribution in [1.29, 1.82) is 0 Å². The molecule has 8 atom stereocenters. The Morgan fingerprint density at radius 1 is 1.29 bits per heavy atom. The molecule has 28 heavy (non-hydrogen) atoms. The largest absolute Gasteiger partial charge is 0.479 e. The number of halogens is 2. The summed E-state index contributed by atoms with van der Waals surface area (Å²) in [5, 5.41) is 31.8. The van der Waals surface area contributed by atoms with Gasteiger partial charge in [-0.3, -0.25) is 4.79 Å². The van der Waals surface area contributed by atoms with Crippen molar-refractivity contribution in [3.05, 3.63) is 23.6 Å². The van der Waals surface area contributed by atoms with Crippen LogP contribution < -0.4 is 0 Å². The van der Waals surface area contributed by atoms with Gasteiger partial charge in [-0.05, 0) is 43.3 Å². The second kappa shape index (κ2) is 5.51. The van der Waals surface area contributed by atoms with Crippen molar-refractivity contribution in [1.82, 2.24) is 0 Å². The summed E-state index contributed by atoms with van der Waals surface area (Å²) in [5.74, 6) is -4.55. The zero-order valence-corrected chi connectivity index (χ0v) is 16.2. The normalized spacial score (nSPS) is 52.9. The number of carbonyl (C=O) groups is 2. The number of aliphatic carboxylic acids is 1. The van der Waals surface area contributed by atoms with Crippen LogP contribution in [0.4, 0.5) is 8.78 Å². The van der Waals surface area contributed by atoms with Crippen LogP contribution in [0, 0.1) is 28.6 Å². The molecule has 0 aliphatic heterocycles. The summed E-state index contributed by atoms with van der Waals surface area (Å²) in [6.45, 7) is 4.67. The minimum Gasteiger partial charge on any atom is -0.479 e. The second-order valence-corrected chi connectivity index (χ2v) is 9.59. The third kappa shape index (κ3) is 1.92. The van der Waals surface area contributed by atoms with E-state index in [4.69, 9.17) is 0 Å².